The van der Waals surface area contributed by atoms with Crippen LogP contribution in [-0.2, 0) is 14.8 Å². The van der Waals surface area contributed by atoms with Crippen LogP contribution in [-0.4, -0.2) is 46.3 Å². The summed E-state index contributed by atoms with van der Waals surface area (Å²) in [4.78, 5) is 17.8. The topological polar surface area (TPSA) is 92.1 Å². The minimum atomic E-state index is -3.67. The maximum Gasteiger partial charge on any atom is 0.279 e. The Morgan fingerprint density at radius 2 is 2.08 bits per heavy atom. The number of hydrogen-bond acceptors (Lipinski definition) is 4. The average molecular weight is 380 g/mol. The fraction of sp³-hybridized carbons (Fsp3) is 0.556. The average Bonchev–Trinajstić information content (AvgIpc) is 3.09. The number of quaternary nitrogens is 1. The standard InChI is InChI=1S/C18H26N4O3S/c1-14-7-10-22(11-8-14)13-18(23)20-15-4-2-5-16(12-15)26(24,25)21-17-6-3-9-19-17/h2,4-5,12,14H,3,6-11,13H2,1H3,(H,19,21)(H,20,23)/p+1. The van der Waals surface area contributed by atoms with Crippen LogP contribution < -0.4 is 14.9 Å². The van der Waals surface area contributed by atoms with Gasteiger partial charge in [-0.2, -0.15) is 0 Å². The SMILES string of the molecule is CC1CC[NH+](CC(=O)Nc2cccc(S(=O)(=O)NC3=NCCC3)c2)CC1. The van der Waals surface area contributed by atoms with Gasteiger partial charge in [0.15, 0.2) is 6.54 Å². The Morgan fingerprint density at radius 3 is 2.77 bits per heavy atom. The third-order valence-electron chi connectivity index (χ3n) is 4.95. The first kappa shape index (κ1) is 18.8. The summed E-state index contributed by atoms with van der Waals surface area (Å²) in [7, 11) is -3.67. The summed E-state index contributed by atoms with van der Waals surface area (Å²) in [5, 5.41) is 2.82. The van der Waals surface area contributed by atoms with E-state index >= 15 is 0 Å². The van der Waals surface area contributed by atoms with Gasteiger partial charge in [0.25, 0.3) is 15.9 Å². The van der Waals surface area contributed by atoms with Crippen LogP contribution in [0, 0.1) is 5.92 Å². The van der Waals surface area contributed by atoms with Crippen LogP contribution >= 0.6 is 0 Å². The number of amidine groups is 1. The third kappa shape index (κ3) is 5.04. The number of nitrogens with one attached hydrogen (secondary N) is 3. The highest BCUT2D eigenvalue weighted by atomic mass is 32.2. The third-order valence-corrected chi connectivity index (χ3v) is 6.33. The Kier molecular flexibility index (Phi) is 5.93. The van der Waals surface area contributed by atoms with E-state index in [2.05, 4.69) is 22.0 Å². The number of piperidine rings is 1. The molecule has 1 aromatic carbocycles. The number of carbonyl (C=O) groups is 1. The zero-order chi connectivity index (χ0) is 18.6. The summed E-state index contributed by atoms with van der Waals surface area (Å²) in [5.74, 6) is 1.15. The van der Waals surface area contributed by atoms with Gasteiger partial charge in [0.1, 0.15) is 5.84 Å². The molecule has 0 unspecified atom stereocenters. The summed E-state index contributed by atoms with van der Waals surface area (Å²) >= 11 is 0. The summed E-state index contributed by atoms with van der Waals surface area (Å²) in [5.41, 5.74) is 0.496. The predicted molar refractivity (Wildman–Crippen MR) is 101 cm³/mol. The van der Waals surface area contributed by atoms with Gasteiger partial charge >= 0.3 is 0 Å². The van der Waals surface area contributed by atoms with E-state index in [-0.39, 0.29) is 10.8 Å². The molecular weight excluding hydrogens is 352 g/mol. The van der Waals surface area contributed by atoms with Gasteiger partial charge in [-0.05, 0) is 43.4 Å². The molecule has 0 aliphatic carbocycles. The zero-order valence-corrected chi connectivity index (χ0v) is 15.9. The summed E-state index contributed by atoms with van der Waals surface area (Å²) < 4.78 is 27.5. The first-order valence-corrected chi connectivity index (χ1v) is 10.7. The van der Waals surface area contributed by atoms with Crippen molar-refractivity contribution < 1.29 is 18.1 Å². The largest absolute Gasteiger partial charge is 0.327 e. The Hall–Kier alpha value is -1.93. The maximum absolute atomic E-state index is 12.5. The lowest BCUT2D eigenvalue weighted by atomic mass is 9.99. The van der Waals surface area contributed by atoms with E-state index in [9.17, 15) is 13.2 Å². The molecule has 2 aliphatic heterocycles. The maximum atomic E-state index is 12.5. The van der Waals surface area contributed by atoms with Crippen LogP contribution in [0.5, 0.6) is 0 Å². The molecule has 0 saturated carbocycles. The molecule has 0 atom stereocenters. The van der Waals surface area contributed by atoms with Crippen molar-refractivity contribution in [2.24, 2.45) is 10.9 Å². The lowest BCUT2D eigenvalue weighted by Gasteiger charge is -2.26. The van der Waals surface area contributed by atoms with E-state index in [0.717, 1.165) is 38.3 Å². The molecule has 2 heterocycles. The summed E-state index contributed by atoms with van der Waals surface area (Å²) in [6.07, 6.45) is 3.80. The lowest BCUT2D eigenvalue weighted by Crippen LogP contribution is -3.14. The molecule has 3 rings (SSSR count). The summed E-state index contributed by atoms with van der Waals surface area (Å²) in [6.45, 7) is 5.34. The smallest absolute Gasteiger partial charge is 0.279 e. The number of carbonyl (C=O) groups excluding carboxylic acids is 1. The van der Waals surface area contributed by atoms with Crippen molar-refractivity contribution in [3.05, 3.63) is 24.3 Å². The molecule has 0 spiro atoms. The van der Waals surface area contributed by atoms with Crippen molar-refractivity contribution in [2.45, 2.75) is 37.5 Å². The van der Waals surface area contributed by atoms with Crippen LogP contribution in [0.4, 0.5) is 5.69 Å². The molecule has 7 nitrogen and oxygen atoms in total. The first-order chi connectivity index (χ1) is 12.4. The molecule has 0 aromatic heterocycles. The minimum Gasteiger partial charge on any atom is -0.327 e. The molecule has 2 aliphatic rings. The van der Waals surface area contributed by atoms with Gasteiger partial charge in [-0.25, -0.2) is 8.42 Å². The van der Waals surface area contributed by atoms with Crippen molar-refractivity contribution in [2.75, 3.05) is 31.5 Å². The normalized spacial score (nSPS) is 23.3. The number of benzene rings is 1. The Labute approximate surface area is 154 Å². The first-order valence-electron chi connectivity index (χ1n) is 9.22. The fourth-order valence-corrected chi connectivity index (χ4v) is 4.49. The second kappa shape index (κ2) is 8.18. The van der Waals surface area contributed by atoms with Crippen LogP contribution in [0.15, 0.2) is 34.2 Å². The van der Waals surface area contributed by atoms with Crippen LogP contribution in [0.2, 0.25) is 0 Å². The number of amides is 1. The number of anilines is 1. The number of aliphatic imine (C=N–C) groups is 1. The number of likely N-dealkylation sites (tertiary alicyclic amines) is 1. The van der Waals surface area contributed by atoms with E-state index in [4.69, 9.17) is 0 Å². The molecule has 1 fully saturated rings. The molecule has 26 heavy (non-hydrogen) atoms. The van der Waals surface area contributed by atoms with Crippen molar-refractivity contribution in [3.63, 3.8) is 0 Å². The van der Waals surface area contributed by atoms with Crippen molar-refractivity contribution in [1.29, 1.82) is 0 Å². The van der Waals surface area contributed by atoms with Gasteiger partial charge in [0.2, 0.25) is 0 Å². The Balaban J connectivity index is 1.60. The van der Waals surface area contributed by atoms with Crippen molar-refractivity contribution in [1.82, 2.24) is 4.72 Å². The van der Waals surface area contributed by atoms with Gasteiger partial charge in [0, 0.05) is 18.7 Å². The van der Waals surface area contributed by atoms with E-state index in [1.807, 2.05) is 0 Å². The van der Waals surface area contributed by atoms with Gasteiger partial charge < -0.3 is 10.2 Å². The second-order valence-electron chi connectivity index (χ2n) is 7.22. The van der Waals surface area contributed by atoms with Crippen LogP contribution in [0.1, 0.15) is 32.6 Å². The number of sulfonamides is 1. The zero-order valence-electron chi connectivity index (χ0n) is 15.1. The number of rotatable bonds is 5. The number of nitrogens with zero attached hydrogens (tertiary/aromatic N) is 1. The highest BCUT2D eigenvalue weighted by Crippen LogP contribution is 2.16. The molecule has 1 amide bonds. The Morgan fingerprint density at radius 1 is 1.31 bits per heavy atom. The van der Waals surface area contributed by atoms with E-state index in [1.165, 1.54) is 17.0 Å². The summed E-state index contributed by atoms with van der Waals surface area (Å²) in [6, 6.07) is 6.35. The van der Waals surface area contributed by atoms with Crippen LogP contribution in [0.3, 0.4) is 0 Å². The number of hydrogen-bond donors (Lipinski definition) is 3. The highest BCUT2D eigenvalue weighted by Gasteiger charge is 2.22. The molecule has 1 saturated heterocycles. The second-order valence-corrected chi connectivity index (χ2v) is 8.91. The molecule has 0 bridgehead atoms. The quantitative estimate of drug-likeness (QED) is 0.692. The molecule has 3 N–H and O–H groups in total. The predicted octanol–water partition coefficient (Wildman–Crippen LogP) is 0.411. The van der Waals surface area contributed by atoms with Gasteiger partial charge in [0.05, 0.1) is 18.0 Å². The Bertz CT molecular complexity index is 783. The monoisotopic (exact) mass is 379 g/mol. The van der Waals surface area contributed by atoms with Crippen molar-refractivity contribution >= 4 is 27.5 Å². The van der Waals surface area contributed by atoms with Gasteiger partial charge in [-0.1, -0.05) is 13.0 Å². The molecule has 1 aromatic rings. The van der Waals surface area contributed by atoms with E-state index < -0.39 is 10.0 Å². The molecule has 142 valence electrons. The fourth-order valence-electron chi connectivity index (χ4n) is 3.36. The van der Waals surface area contributed by atoms with Crippen molar-refractivity contribution in [3.8, 4) is 0 Å². The van der Waals surface area contributed by atoms with E-state index in [0.29, 0.717) is 31.0 Å². The highest BCUT2D eigenvalue weighted by molar-refractivity contribution is 7.90. The molecule has 8 heteroatoms. The minimum absolute atomic E-state index is 0.0859. The van der Waals surface area contributed by atoms with Crippen LogP contribution in [0.25, 0.3) is 0 Å². The molecule has 0 radical (unpaired) electrons. The lowest BCUT2D eigenvalue weighted by molar-refractivity contribution is -0.897. The van der Waals surface area contributed by atoms with Gasteiger partial charge in [-0.3, -0.25) is 14.5 Å². The van der Waals surface area contributed by atoms with Gasteiger partial charge in [-0.15, -0.1) is 0 Å². The molecular formula is C18H27N4O3S+. The van der Waals surface area contributed by atoms with E-state index in [1.54, 1.807) is 12.1 Å².